The Morgan fingerprint density at radius 2 is 0.971 bits per heavy atom. The molecule has 0 aliphatic heterocycles. The SMILES string of the molecule is FC(F)(F)c1n[n-]c(-c2ccccn2)n1.FC(F)(F)c1n[n-]c(-c2ccccn2)n1.[CH-]=O.[CH-]=O.[Os+4]. The van der Waals surface area contributed by atoms with Gasteiger partial charge in [0.15, 0.2) is 0 Å². The Morgan fingerprint density at radius 1 is 0.629 bits per heavy atom. The number of halogens is 6. The summed E-state index contributed by atoms with van der Waals surface area (Å²) in [6.45, 7) is 6.50. The van der Waals surface area contributed by atoms with Crippen LogP contribution in [0.2, 0.25) is 0 Å². The van der Waals surface area contributed by atoms with Crippen molar-refractivity contribution in [2.24, 2.45) is 0 Å². The van der Waals surface area contributed by atoms with Gasteiger partial charge in [-0.1, -0.05) is 12.1 Å². The third-order valence-corrected chi connectivity index (χ3v) is 3.20. The molecule has 4 rings (SSSR count). The van der Waals surface area contributed by atoms with Gasteiger partial charge in [-0.15, -0.1) is 0 Å². The molecule has 184 valence electrons. The fourth-order valence-electron chi connectivity index (χ4n) is 1.93. The summed E-state index contributed by atoms with van der Waals surface area (Å²) in [5.41, 5.74) is 0.529. The number of hydrogen-bond donors (Lipinski definition) is 0. The minimum Gasteiger partial charge on any atom is -0.545 e. The first-order valence-corrected chi connectivity index (χ1v) is 8.34. The summed E-state index contributed by atoms with van der Waals surface area (Å²) in [5, 5.41) is 12.5. The fourth-order valence-corrected chi connectivity index (χ4v) is 1.93. The Labute approximate surface area is 205 Å². The van der Waals surface area contributed by atoms with Gasteiger partial charge in [0, 0.05) is 12.4 Å². The summed E-state index contributed by atoms with van der Waals surface area (Å²) >= 11 is 0. The van der Waals surface area contributed by atoms with E-state index in [2.05, 4.69) is 53.9 Å². The molecule has 0 saturated heterocycles. The van der Waals surface area contributed by atoms with Crippen LogP contribution >= 0.6 is 0 Å². The molecule has 0 fully saturated rings. The second kappa shape index (κ2) is 14.4. The normalized spacial score (nSPS) is 10.2. The molecule has 4 aromatic rings. The first-order valence-electron chi connectivity index (χ1n) is 8.34. The van der Waals surface area contributed by atoms with E-state index in [-0.39, 0.29) is 42.8 Å². The Bertz CT molecular complexity index is 1030. The van der Waals surface area contributed by atoms with Crippen molar-refractivity contribution in [2.45, 2.75) is 12.4 Å². The van der Waals surface area contributed by atoms with Gasteiger partial charge in [0.2, 0.25) is 0 Å². The molecule has 17 heteroatoms. The van der Waals surface area contributed by atoms with E-state index in [1.54, 1.807) is 24.3 Å². The molecular formula is C18H10F6N8O2Os. The molecule has 35 heavy (non-hydrogen) atoms. The fraction of sp³-hybridized carbons (Fsp3) is 0.111. The van der Waals surface area contributed by atoms with Gasteiger partial charge in [-0.05, 0) is 35.9 Å². The molecule has 0 radical (unpaired) electrons. The minimum absolute atomic E-state index is 0. The summed E-state index contributed by atoms with van der Waals surface area (Å²) in [6, 6.07) is 9.57. The summed E-state index contributed by atoms with van der Waals surface area (Å²) in [7, 11) is 0. The van der Waals surface area contributed by atoms with Crippen LogP contribution in [0.25, 0.3) is 23.0 Å². The molecule has 0 amide bonds. The number of hydrogen-bond acceptors (Lipinski definition) is 8. The molecule has 0 spiro atoms. The van der Waals surface area contributed by atoms with Crippen LogP contribution in [0.1, 0.15) is 11.6 Å². The molecule has 0 aliphatic carbocycles. The van der Waals surface area contributed by atoms with E-state index in [4.69, 9.17) is 9.59 Å². The van der Waals surface area contributed by atoms with Crippen molar-refractivity contribution in [1.29, 1.82) is 0 Å². The maximum atomic E-state index is 12.1. The van der Waals surface area contributed by atoms with Crippen LogP contribution in [0.4, 0.5) is 26.3 Å². The van der Waals surface area contributed by atoms with Gasteiger partial charge in [0.05, 0.1) is 11.4 Å². The van der Waals surface area contributed by atoms with Crippen LogP contribution in [-0.2, 0) is 41.7 Å². The largest absolute Gasteiger partial charge is 4.00 e. The zero-order chi connectivity index (χ0) is 25.8. The topological polar surface area (TPSA) is 140 Å². The van der Waals surface area contributed by atoms with Crippen molar-refractivity contribution < 1.29 is 55.7 Å². The van der Waals surface area contributed by atoms with Crippen LogP contribution in [0, 0.1) is 0 Å². The number of nitrogens with zero attached hydrogens (tertiary/aromatic N) is 8. The van der Waals surface area contributed by atoms with Crippen molar-refractivity contribution in [1.82, 2.24) is 40.3 Å². The quantitative estimate of drug-likeness (QED) is 0.177. The van der Waals surface area contributed by atoms with Gasteiger partial charge in [-0.2, -0.15) is 26.3 Å². The van der Waals surface area contributed by atoms with Gasteiger partial charge in [0.1, 0.15) is 11.6 Å². The van der Waals surface area contributed by atoms with Gasteiger partial charge >= 0.3 is 32.1 Å². The van der Waals surface area contributed by atoms with E-state index < -0.39 is 24.0 Å². The summed E-state index contributed by atoms with van der Waals surface area (Å²) < 4.78 is 72.8. The van der Waals surface area contributed by atoms with E-state index in [1.807, 2.05) is 0 Å². The Balaban J connectivity index is 0.000000565. The van der Waals surface area contributed by atoms with E-state index in [0.29, 0.717) is 0 Å². The first-order chi connectivity index (χ1) is 16.1. The summed E-state index contributed by atoms with van der Waals surface area (Å²) in [5.74, 6) is -2.74. The summed E-state index contributed by atoms with van der Waals surface area (Å²) in [4.78, 5) is 29.6. The van der Waals surface area contributed by atoms with Gasteiger partial charge in [-0.25, -0.2) is 0 Å². The van der Waals surface area contributed by atoms with Crippen molar-refractivity contribution in [3.05, 3.63) is 60.4 Å². The summed E-state index contributed by atoms with van der Waals surface area (Å²) in [6.07, 6.45) is -6.25. The van der Waals surface area contributed by atoms with Crippen LogP contribution < -0.4 is 10.2 Å². The average molecular weight is 675 g/mol. The van der Waals surface area contributed by atoms with Crippen molar-refractivity contribution in [2.75, 3.05) is 0 Å². The zero-order valence-corrected chi connectivity index (χ0v) is 19.3. The number of rotatable bonds is 2. The number of aromatic nitrogens is 8. The molecule has 0 N–H and O–H groups in total. The standard InChI is InChI=1S/2C8H4F3N4.2CHO.Os/c2*9-8(10,11)7-13-6(14-15-7)5-3-1-2-4-12-5;2*1-2;/h2*1-4H;2*1H;/q4*-1;+4. The Kier molecular flexibility index (Phi) is 12.8. The smallest absolute Gasteiger partial charge is 0.545 e. The van der Waals surface area contributed by atoms with Crippen molar-refractivity contribution in [3.8, 4) is 23.0 Å². The molecule has 10 nitrogen and oxygen atoms in total. The van der Waals surface area contributed by atoms with E-state index >= 15 is 0 Å². The van der Waals surface area contributed by atoms with Crippen LogP contribution in [0.3, 0.4) is 0 Å². The Hall–Kier alpha value is -3.86. The zero-order valence-electron chi connectivity index (χ0n) is 16.8. The number of pyridine rings is 2. The van der Waals surface area contributed by atoms with Crippen LogP contribution in [0.5, 0.6) is 0 Å². The molecule has 0 bridgehead atoms. The van der Waals surface area contributed by atoms with Crippen LogP contribution in [0.15, 0.2) is 48.8 Å². The van der Waals surface area contributed by atoms with Gasteiger partial charge in [-0.3, -0.25) is 33.7 Å². The predicted molar refractivity (Wildman–Crippen MR) is 101 cm³/mol. The number of carbonyl (C=O) groups excluding carboxylic acids is 2. The molecule has 0 unspecified atom stereocenters. The maximum Gasteiger partial charge on any atom is 4.00 e. The van der Waals surface area contributed by atoms with Crippen molar-refractivity contribution in [3.63, 3.8) is 0 Å². The molecule has 0 aromatic carbocycles. The minimum atomic E-state index is -4.57. The molecular weight excluding hydrogens is 664 g/mol. The van der Waals surface area contributed by atoms with Crippen LogP contribution in [-0.4, -0.2) is 43.7 Å². The monoisotopic (exact) mass is 676 g/mol. The van der Waals surface area contributed by atoms with Crippen molar-refractivity contribution >= 4 is 13.6 Å². The molecule has 0 aliphatic rings. The second-order valence-corrected chi connectivity index (χ2v) is 5.34. The third-order valence-electron chi connectivity index (χ3n) is 3.20. The molecule has 0 saturated carbocycles. The average Bonchev–Trinajstić information content (AvgIpc) is 3.54. The molecule has 4 heterocycles. The Morgan fingerprint density at radius 3 is 1.20 bits per heavy atom. The van der Waals surface area contributed by atoms with E-state index in [1.165, 1.54) is 24.5 Å². The maximum absolute atomic E-state index is 12.1. The predicted octanol–water partition coefficient (Wildman–Crippen LogP) is 2.48. The van der Waals surface area contributed by atoms with E-state index in [0.717, 1.165) is 0 Å². The second-order valence-electron chi connectivity index (χ2n) is 5.34. The first kappa shape index (κ1) is 31.1. The van der Waals surface area contributed by atoms with Gasteiger partial charge < -0.3 is 29.8 Å². The molecule has 0 atom stereocenters. The van der Waals surface area contributed by atoms with E-state index in [9.17, 15) is 26.3 Å². The molecule has 4 aromatic heterocycles. The third kappa shape index (κ3) is 9.49. The number of alkyl halides is 6. The van der Waals surface area contributed by atoms with Gasteiger partial charge in [0.25, 0.3) is 0 Å².